The first-order valence-electron chi connectivity index (χ1n) is 7.52. The normalized spacial score (nSPS) is 11.2. The van der Waals surface area contributed by atoms with Crippen molar-refractivity contribution in [3.63, 3.8) is 0 Å². The van der Waals surface area contributed by atoms with Crippen LogP contribution in [-0.2, 0) is 5.41 Å². The average molecular weight is 313 g/mol. The van der Waals surface area contributed by atoms with Crippen LogP contribution >= 0.6 is 0 Å². The van der Waals surface area contributed by atoms with E-state index < -0.39 is 5.97 Å². The fourth-order valence-corrected chi connectivity index (χ4v) is 2.22. The predicted molar refractivity (Wildman–Crippen MR) is 91.2 cm³/mol. The van der Waals surface area contributed by atoms with Gasteiger partial charge in [-0.05, 0) is 30.0 Å². The largest absolute Gasteiger partial charge is 0.423 e. The van der Waals surface area contributed by atoms with Gasteiger partial charge in [-0.2, -0.15) is 0 Å². The number of aromatic nitrogens is 2. The van der Waals surface area contributed by atoms with E-state index in [1.165, 1.54) is 11.9 Å². The van der Waals surface area contributed by atoms with Gasteiger partial charge in [0.1, 0.15) is 23.5 Å². The Kier molecular flexibility index (Phi) is 4.68. The van der Waals surface area contributed by atoms with E-state index in [-0.39, 0.29) is 5.41 Å². The van der Waals surface area contributed by atoms with Crippen LogP contribution in [0.5, 0.6) is 5.75 Å². The van der Waals surface area contributed by atoms with Gasteiger partial charge in [-0.1, -0.05) is 32.9 Å². The fourth-order valence-electron chi connectivity index (χ4n) is 2.22. The molecule has 122 valence electrons. The molecule has 1 aromatic carbocycles. The number of carbonyl (C=O) groups is 1. The first-order valence-corrected chi connectivity index (χ1v) is 7.52. The maximum atomic E-state index is 12.5. The van der Waals surface area contributed by atoms with Crippen molar-refractivity contribution in [2.75, 3.05) is 19.0 Å². The second-order valence-corrected chi connectivity index (χ2v) is 6.72. The molecule has 0 saturated carbocycles. The Balaban J connectivity index is 2.26. The van der Waals surface area contributed by atoms with E-state index in [2.05, 4.69) is 30.7 Å². The average Bonchev–Trinajstić information content (AvgIpc) is 2.46. The maximum absolute atomic E-state index is 12.5. The highest BCUT2D eigenvalue weighted by atomic mass is 16.5. The van der Waals surface area contributed by atoms with Crippen molar-refractivity contribution in [2.24, 2.45) is 0 Å². The van der Waals surface area contributed by atoms with Crippen molar-refractivity contribution in [3.8, 4) is 5.75 Å². The lowest BCUT2D eigenvalue weighted by molar-refractivity contribution is 0.0733. The standard InChI is InChI=1S/C18H23N3O2/c1-12-15(16(21(5)6)20-11-19-12)17(22)23-14-9-7-13(8-10-14)18(2,3)4/h7-11H,1-6H3. The number of esters is 1. The van der Waals surface area contributed by atoms with Crippen LogP contribution in [0.1, 0.15) is 42.4 Å². The summed E-state index contributed by atoms with van der Waals surface area (Å²) >= 11 is 0. The van der Waals surface area contributed by atoms with Gasteiger partial charge in [0.2, 0.25) is 0 Å². The molecule has 0 fully saturated rings. The lowest BCUT2D eigenvalue weighted by Crippen LogP contribution is -2.20. The van der Waals surface area contributed by atoms with Crippen molar-refractivity contribution < 1.29 is 9.53 Å². The molecule has 0 amide bonds. The third-order valence-electron chi connectivity index (χ3n) is 3.58. The fraction of sp³-hybridized carbons (Fsp3) is 0.389. The van der Waals surface area contributed by atoms with Gasteiger partial charge in [0.25, 0.3) is 0 Å². The minimum Gasteiger partial charge on any atom is -0.423 e. The van der Waals surface area contributed by atoms with Gasteiger partial charge in [-0.15, -0.1) is 0 Å². The molecular weight excluding hydrogens is 290 g/mol. The van der Waals surface area contributed by atoms with Gasteiger partial charge in [0, 0.05) is 14.1 Å². The van der Waals surface area contributed by atoms with Crippen LogP contribution in [0.3, 0.4) is 0 Å². The molecule has 0 unspecified atom stereocenters. The van der Waals surface area contributed by atoms with Crippen LogP contribution in [0.15, 0.2) is 30.6 Å². The zero-order valence-corrected chi connectivity index (χ0v) is 14.5. The zero-order chi connectivity index (χ0) is 17.2. The Morgan fingerprint density at radius 1 is 1.09 bits per heavy atom. The second-order valence-electron chi connectivity index (χ2n) is 6.72. The molecule has 0 bridgehead atoms. The highest BCUT2D eigenvalue weighted by molar-refractivity contribution is 5.97. The number of aryl methyl sites for hydroxylation is 1. The third-order valence-corrected chi connectivity index (χ3v) is 3.58. The van der Waals surface area contributed by atoms with Gasteiger partial charge in [-0.3, -0.25) is 0 Å². The van der Waals surface area contributed by atoms with E-state index in [0.29, 0.717) is 22.8 Å². The number of hydrogen-bond donors (Lipinski definition) is 0. The maximum Gasteiger partial charge on any atom is 0.349 e. The van der Waals surface area contributed by atoms with E-state index in [1.54, 1.807) is 11.8 Å². The first-order chi connectivity index (χ1) is 10.7. The summed E-state index contributed by atoms with van der Waals surface area (Å²) < 4.78 is 5.49. The number of nitrogens with zero attached hydrogens (tertiary/aromatic N) is 3. The molecule has 0 spiro atoms. The molecule has 0 saturated heterocycles. The van der Waals surface area contributed by atoms with Gasteiger partial charge in [0.15, 0.2) is 0 Å². The molecule has 0 radical (unpaired) electrons. The van der Waals surface area contributed by atoms with Crippen LogP contribution < -0.4 is 9.64 Å². The quantitative estimate of drug-likeness (QED) is 0.642. The molecule has 0 aliphatic rings. The molecule has 5 nitrogen and oxygen atoms in total. The van der Waals surface area contributed by atoms with E-state index >= 15 is 0 Å². The molecule has 0 atom stereocenters. The number of hydrogen-bond acceptors (Lipinski definition) is 5. The molecule has 23 heavy (non-hydrogen) atoms. The molecule has 1 aromatic heterocycles. The van der Waals surface area contributed by atoms with Gasteiger partial charge >= 0.3 is 5.97 Å². The predicted octanol–water partition coefficient (Wildman–Crippen LogP) is 3.37. The molecule has 1 heterocycles. The number of ether oxygens (including phenoxy) is 1. The van der Waals surface area contributed by atoms with Crippen LogP contribution in [0.2, 0.25) is 0 Å². The number of anilines is 1. The summed E-state index contributed by atoms with van der Waals surface area (Å²) in [4.78, 5) is 22.5. The van der Waals surface area contributed by atoms with Crippen LogP contribution in [-0.4, -0.2) is 30.0 Å². The van der Waals surface area contributed by atoms with Crippen molar-refractivity contribution in [3.05, 3.63) is 47.4 Å². The van der Waals surface area contributed by atoms with Gasteiger partial charge < -0.3 is 9.64 Å². The Morgan fingerprint density at radius 3 is 2.22 bits per heavy atom. The summed E-state index contributed by atoms with van der Waals surface area (Å²) in [6.07, 6.45) is 1.44. The van der Waals surface area contributed by atoms with Crippen molar-refractivity contribution in [2.45, 2.75) is 33.1 Å². The molecular formula is C18H23N3O2. The summed E-state index contributed by atoms with van der Waals surface area (Å²) in [7, 11) is 3.66. The zero-order valence-electron chi connectivity index (χ0n) is 14.5. The SMILES string of the molecule is Cc1ncnc(N(C)C)c1C(=O)Oc1ccc(C(C)(C)C)cc1. The van der Waals surface area contributed by atoms with Crippen LogP contribution in [0.25, 0.3) is 0 Å². The smallest absolute Gasteiger partial charge is 0.349 e. The Labute approximate surface area is 137 Å². The van der Waals surface area contributed by atoms with Crippen molar-refractivity contribution in [1.82, 2.24) is 9.97 Å². The Bertz CT molecular complexity index is 701. The lowest BCUT2D eigenvalue weighted by Gasteiger charge is -2.19. The number of benzene rings is 1. The lowest BCUT2D eigenvalue weighted by atomic mass is 9.87. The molecule has 5 heteroatoms. The van der Waals surface area contributed by atoms with Crippen LogP contribution in [0, 0.1) is 6.92 Å². The van der Waals surface area contributed by atoms with Gasteiger partial charge in [0.05, 0.1) is 5.69 Å². The molecule has 2 aromatic rings. The topological polar surface area (TPSA) is 55.3 Å². The second kappa shape index (κ2) is 6.36. The molecule has 0 aliphatic heterocycles. The van der Waals surface area contributed by atoms with E-state index in [0.717, 1.165) is 0 Å². The van der Waals surface area contributed by atoms with Gasteiger partial charge in [-0.25, -0.2) is 14.8 Å². The summed E-state index contributed by atoms with van der Waals surface area (Å²) in [6.45, 7) is 8.19. The monoisotopic (exact) mass is 313 g/mol. The molecule has 0 N–H and O–H groups in total. The first kappa shape index (κ1) is 16.9. The summed E-state index contributed by atoms with van der Waals surface area (Å²) in [5, 5.41) is 0. The summed E-state index contributed by atoms with van der Waals surface area (Å²) in [6, 6.07) is 7.58. The molecule has 2 rings (SSSR count). The highest BCUT2D eigenvalue weighted by Crippen LogP contribution is 2.25. The van der Waals surface area contributed by atoms with E-state index in [1.807, 2.05) is 38.4 Å². The minimum atomic E-state index is -0.449. The Morgan fingerprint density at radius 2 is 1.70 bits per heavy atom. The van der Waals surface area contributed by atoms with Crippen molar-refractivity contribution in [1.29, 1.82) is 0 Å². The summed E-state index contributed by atoms with van der Waals surface area (Å²) in [5.74, 6) is 0.611. The van der Waals surface area contributed by atoms with E-state index in [4.69, 9.17) is 4.74 Å². The minimum absolute atomic E-state index is 0.0600. The third kappa shape index (κ3) is 3.86. The van der Waals surface area contributed by atoms with E-state index in [9.17, 15) is 4.79 Å². The van der Waals surface area contributed by atoms with Crippen molar-refractivity contribution >= 4 is 11.8 Å². The van der Waals surface area contributed by atoms with Crippen LogP contribution in [0.4, 0.5) is 5.82 Å². The summed E-state index contributed by atoms with van der Waals surface area (Å²) in [5.41, 5.74) is 2.23. The molecule has 0 aliphatic carbocycles. The number of carbonyl (C=O) groups excluding carboxylic acids is 1. The number of rotatable bonds is 3. The highest BCUT2D eigenvalue weighted by Gasteiger charge is 2.20. The Hall–Kier alpha value is -2.43.